The number of carbonyl (C=O) groups excluding carboxylic acids is 1. The Morgan fingerprint density at radius 3 is 2.24 bits per heavy atom. The minimum Gasteiger partial charge on any atom is -0.497 e. The third-order valence-corrected chi connectivity index (χ3v) is 6.87. The molecule has 1 saturated heterocycles. The van der Waals surface area contributed by atoms with Gasteiger partial charge in [0.2, 0.25) is 0 Å². The number of piperazine rings is 1. The fourth-order valence-electron chi connectivity index (χ4n) is 4.88. The minimum atomic E-state index is -1.20. The molecule has 1 amide bonds. The summed E-state index contributed by atoms with van der Waals surface area (Å²) in [6.07, 6.45) is 0. The van der Waals surface area contributed by atoms with Crippen LogP contribution in [0.5, 0.6) is 5.75 Å². The summed E-state index contributed by atoms with van der Waals surface area (Å²) in [6.45, 7) is 3.77. The number of amides is 1. The van der Waals surface area contributed by atoms with Crippen molar-refractivity contribution in [3.05, 3.63) is 95.1 Å². The van der Waals surface area contributed by atoms with Crippen LogP contribution in [-0.2, 0) is 5.60 Å². The molecule has 196 valence electrons. The lowest BCUT2D eigenvalue weighted by molar-refractivity contribution is 0.0102. The van der Waals surface area contributed by atoms with E-state index in [1.165, 1.54) is 29.2 Å². The zero-order valence-corrected chi connectivity index (χ0v) is 21.6. The summed E-state index contributed by atoms with van der Waals surface area (Å²) < 4.78 is 32.6. The normalized spacial score (nSPS) is 17.8. The van der Waals surface area contributed by atoms with Crippen LogP contribution in [0.15, 0.2) is 66.7 Å². The van der Waals surface area contributed by atoms with E-state index in [0.29, 0.717) is 43.1 Å². The first kappa shape index (κ1) is 26.6. The van der Waals surface area contributed by atoms with Crippen molar-refractivity contribution >= 4 is 11.6 Å². The van der Waals surface area contributed by atoms with Crippen LogP contribution in [0.4, 0.5) is 14.5 Å². The molecule has 1 aliphatic heterocycles. The van der Waals surface area contributed by atoms with Crippen LogP contribution >= 0.6 is 0 Å². The molecule has 3 aromatic carbocycles. The molecule has 0 aliphatic carbocycles. The van der Waals surface area contributed by atoms with Gasteiger partial charge in [0.05, 0.1) is 30.0 Å². The average molecular weight is 510 g/mol. The van der Waals surface area contributed by atoms with Crippen LogP contribution in [0, 0.1) is 11.6 Å². The van der Waals surface area contributed by atoms with Gasteiger partial charge in [-0.3, -0.25) is 9.69 Å². The fraction of sp³-hybridized carbons (Fsp3) is 0.345. The Labute approximate surface area is 216 Å². The molecule has 3 aromatic rings. The molecule has 0 unspecified atom stereocenters. The van der Waals surface area contributed by atoms with E-state index in [4.69, 9.17) is 4.74 Å². The lowest BCUT2D eigenvalue weighted by Crippen LogP contribution is -2.52. The molecular formula is C29H33F2N3O3. The van der Waals surface area contributed by atoms with Crippen LogP contribution < -0.4 is 9.64 Å². The van der Waals surface area contributed by atoms with Crippen molar-refractivity contribution < 1.29 is 23.4 Å². The van der Waals surface area contributed by atoms with Gasteiger partial charge in [-0.05, 0) is 60.5 Å². The van der Waals surface area contributed by atoms with Gasteiger partial charge in [0.1, 0.15) is 17.4 Å². The van der Waals surface area contributed by atoms with Crippen molar-refractivity contribution in [3.8, 4) is 5.75 Å². The summed E-state index contributed by atoms with van der Waals surface area (Å²) in [7, 11) is 4.98. The fourth-order valence-corrected chi connectivity index (χ4v) is 4.88. The van der Waals surface area contributed by atoms with Crippen LogP contribution in [-0.4, -0.2) is 68.2 Å². The van der Waals surface area contributed by atoms with Crippen LogP contribution in [0.25, 0.3) is 0 Å². The molecule has 1 N–H and O–H groups in total. The second-order valence-electron chi connectivity index (χ2n) is 9.86. The number of hydrogen-bond donors (Lipinski definition) is 1. The third-order valence-electron chi connectivity index (χ3n) is 6.87. The maximum Gasteiger partial charge on any atom is 0.255 e. The van der Waals surface area contributed by atoms with Crippen LogP contribution in [0.1, 0.15) is 34.5 Å². The van der Waals surface area contributed by atoms with Crippen molar-refractivity contribution in [2.45, 2.75) is 18.6 Å². The van der Waals surface area contributed by atoms with Gasteiger partial charge in [-0.1, -0.05) is 24.3 Å². The zero-order valence-electron chi connectivity index (χ0n) is 21.6. The van der Waals surface area contributed by atoms with Crippen molar-refractivity contribution in [3.63, 3.8) is 0 Å². The minimum absolute atomic E-state index is 0.145. The Morgan fingerprint density at radius 2 is 1.65 bits per heavy atom. The molecule has 0 radical (unpaired) electrons. The van der Waals surface area contributed by atoms with Crippen molar-refractivity contribution in [2.24, 2.45) is 0 Å². The maximum atomic E-state index is 13.8. The summed E-state index contributed by atoms with van der Waals surface area (Å²) in [5.41, 5.74) is 1.60. The number of rotatable bonds is 7. The smallest absolute Gasteiger partial charge is 0.255 e. The highest BCUT2D eigenvalue weighted by molar-refractivity contribution is 6.00. The Balaban J connectivity index is 1.68. The highest BCUT2D eigenvalue weighted by atomic mass is 19.1. The second kappa shape index (κ2) is 10.9. The number of β-amino-alcohol motifs (C(OH)–C–C–N with tert-alkyl or cyclic N) is 1. The summed E-state index contributed by atoms with van der Waals surface area (Å²) in [5.74, 6) is -0.239. The first-order valence-corrected chi connectivity index (χ1v) is 12.2. The molecule has 0 bridgehead atoms. The van der Waals surface area contributed by atoms with Gasteiger partial charge in [0, 0.05) is 40.3 Å². The van der Waals surface area contributed by atoms with Gasteiger partial charge in [-0.15, -0.1) is 0 Å². The van der Waals surface area contributed by atoms with Crippen LogP contribution in [0.2, 0.25) is 0 Å². The van der Waals surface area contributed by atoms with Crippen molar-refractivity contribution in [2.75, 3.05) is 52.3 Å². The molecule has 4 rings (SSSR count). The third kappa shape index (κ3) is 5.92. The summed E-state index contributed by atoms with van der Waals surface area (Å²) in [6, 6.07) is 17.5. The first-order chi connectivity index (χ1) is 17.6. The molecule has 1 heterocycles. The molecule has 1 fully saturated rings. The molecule has 0 saturated carbocycles. The van der Waals surface area contributed by atoms with Gasteiger partial charge in [-0.25, -0.2) is 8.78 Å². The zero-order chi connectivity index (χ0) is 26.7. The highest BCUT2D eigenvalue weighted by Gasteiger charge is 2.35. The molecule has 0 spiro atoms. The lowest BCUT2D eigenvalue weighted by Gasteiger charge is -2.45. The number of benzene rings is 3. The van der Waals surface area contributed by atoms with Crippen molar-refractivity contribution in [1.82, 2.24) is 9.80 Å². The number of hydrogen-bond acceptors (Lipinski definition) is 5. The van der Waals surface area contributed by atoms with E-state index < -0.39 is 5.60 Å². The van der Waals surface area contributed by atoms with E-state index in [-0.39, 0.29) is 23.6 Å². The average Bonchev–Trinajstić information content (AvgIpc) is 2.88. The van der Waals surface area contributed by atoms with E-state index in [2.05, 4.69) is 9.80 Å². The molecule has 1 aliphatic rings. The number of ether oxygens (including phenoxy) is 1. The monoisotopic (exact) mass is 509 g/mol. The van der Waals surface area contributed by atoms with Gasteiger partial charge in [-0.2, -0.15) is 0 Å². The summed E-state index contributed by atoms with van der Waals surface area (Å²) in [5, 5.41) is 11.2. The van der Waals surface area contributed by atoms with Gasteiger partial charge >= 0.3 is 0 Å². The number of halogens is 2. The Hall–Kier alpha value is -3.49. The van der Waals surface area contributed by atoms with Gasteiger partial charge in [0.25, 0.3) is 5.91 Å². The Kier molecular flexibility index (Phi) is 7.80. The standard InChI is InChI=1S/C29H33F2N3O3/c1-29(36,21-7-11-23(31)12-8-21)19-33-15-16-34(27(18-33)20-5-9-22(30)10-6-20)26-14-13-24(37-4)17-25(26)28(35)32(2)3/h5-14,17,27,36H,15-16,18-19H2,1-4H3/t27-,29+/m0/s1. The number of nitrogens with zero attached hydrogens (tertiary/aromatic N) is 3. The number of anilines is 1. The van der Waals surface area contributed by atoms with Crippen molar-refractivity contribution in [1.29, 1.82) is 0 Å². The number of methoxy groups -OCH3 is 1. The molecular weight excluding hydrogens is 476 g/mol. The Bertz CT molecular complexity index is 1230. The topological polar surface area (TPSA) is 56.2 Å². The molecule has 6 nitrogen and oxygen atoms in total. The number of aliphatic hydroxyl groups is 1. The molecule has 37 heavy (non-hydrogen) atoms. The van der Waals surface area contributed by atoms with Gasteiger partial charge in [0.15, 0.2) is 0 Å². The maximum absolute atomic E-state index is 13.8. The largest absolute Gasteiger partial charge is 0.497 e. The first-order valence-electron chi connectivity index (χ1n) is 12.2. The SMILES string of the molecule is COc1ccc(N2CCN(C[C@@](C)(O)c3ccc(F)cc3)C[C@H]2c2ccc(F)cc2)c(C(=O)N(C)C)c1. The molecule has 2 atom stereocenters. The Morgan fingerprint density at radius 1 is 1.03 bits per heavy atom. The summed E-state index contributed by atoms with van der Waals surface area (Å²) in [4.78, 5) is 19.0. The van der Waals surface area contributed by atoms with Crippen LogP contribution in [0.3, 0.4) is 0 Å². The van der Waals surface area contributed by atoms with Gasteiger partial charge < -0.3 is 19.6 Å². The lowest BCUT2D eigenvalue weighted by atomic mass is 9.93. The number of carbonyl (C=O) groups is 1. The predicted molar refractivity (Wildman–Crippen MR) is 140 cm³/mol. The highest BCUT2D eigenvalue weighted by Crippen LogP contribution is 2.36. The van der Waals surface area contributed by atoms with E-state index in [0.717, 1.165) is 11.3 Å². The van der Waals surface area contributed by atoms with E-state index in [1.807, 2.05) is 12.1 Å². The van der Waals surface area contributed by atoms with E-state index in [9.17, 15) is 18.7 Å². The van der Waals surface area contributed by atoms with E-state index in [1.54, 1.807) is 58.5 Å². The van der Waals surface area contributed by atoms with E-state index >= 15 is 0 Å². The summed E-state index contributed by atoms with van der Waals surface area (Å²) >= 11 is 0. The quantitative estimate of drug-likeness (QED) is 0.510. The predicted octanol–water partition coefficient (Wildman–Crippen LogP) is 4.45. The second-order valence-corrected chi connectivity index (χ2v) is 9.86. The molecule has 8 heteroatoms. The molecule has 0 aromatic heterocycles.